The summed E-state index contributed by atoms with van der Waals surface area (Å²) in [6.07, 6.45) is 1.88. The predicted octanol–water partition coefficient (Wildman–Crippen LogP) is 3.64. The van der Waals surface area contributed by atoms with Crippen molar-refractivity contribution in [3.63, 3.8) is 0 Å². The van der Waals surface area contributed by atoms with Crippen LogP contribution in [0.3, 0.4) is 0 Å². The largest absolute Gasteiger partial charge is 0.505 e. The lowest BCUT2D eigenvalue weighted by Gasteiger charge is -2.21. The van der Waals surface area contributed by atoms with E-state index in [4.69, 9.17) is 0 Å². The molecule has 1 heterocycles. The molecule has 2 aromatic carbocycles. The number of halogens is 2. The molecule has 3 rings (SSSR count). The normalized spacial score (nSPS) is 13.0. The fourth-order valence-corrected chi connectivity index (χ4v) is 4.17. The molecule has 0 fully saturated rings. The van der Waals surface area contributed by atoms with Crippen LogP contribution in [0.15, 0.2) is 48.7 Å². The molecule has 2 N–H and O–H groups in total. The molecular formula is C19H18F2N2O3S. The number of phenols is 1. The Labute approximate surface area is 155 Å². The molecule has 0 aliphatic heterocycles. The topological polar surface area (TPSA) is 79.3 Å². The van der Waals surface area contributed by atoms with Crippen LogP contribution in [0.25, 0.3) is 10.9 Å². The molecule has 27 heavy (non-hydrogen) atoms. The van der Waals surface area contributed by atoms with Crippen molar-refractivity contribution in [3.8, 4) is 5.75 Å². The average Bonchev–Trinajstić information content (AvgIpc) is 2.63. The highest BCUT2D eigenvalue weighted by Gasteiger charge is 2.25. The van der Waals surface area contributed by atoms with Crippen molar-refractivity contribution in [3.05, 3.63) is 71.4 Å². The number of phenolic OH excluding ortho intramolecular Hbond substituents is 1. The van der Waals surface area contributed by atoms with E-state index in [2.05, 4.69) is 9.71 Å². The molecule has 0 amide bonds. The maximum Gasteiger partial charge on any atom is 0.212 e. The summed E-state index contributed by atoms with van der Waals surface area (Å²) in [5.41, 5.74) is 0.656. The number of sulfonamides is 1. The summed E-state index contributed by atoms with van der Waals surface area (Å²) in [4.78, 5) is 4.12. The third-order valence-electron chi connectivity index (χ3n) is 4.14. The van der Waals surface area contributed by atoms with Gasteiger partial charge in [-0.05, 0) is 30.2 Å². The monoisotopic (exact) mass is 392 g/mol. The summed E-state index contributed by atoms with van der Waals surface area (Å²) in [6, 6.07) is 8.69. The second kappa shape index (κ2) is 7.58. The number of nitrogens with zero attached hydrogens (tertiary/aromatic N) is 1. The fourth-order valence-electron chi connectivity index (χ4n) is 2.89. The van der Waals surface area contributed by atoms with Gasteiger partial charge in [-0.3, -0.25) is 4.98 Å². The molecule has 1 unspecified atom stereocenters. The highest BCUT2D eigenvalue weighted by atomic mass is 32.2. The molecule has 0 bridgehead atoms. The minimum Gasteiger partial charge on any atom is -0.505 e. The van der Waals surface area contributed by atoms with Gasteiger partial charge in [0.25, 0.3) is 0 Å². The average molecular weight is 392 g/mol. The molecule has 0 saturated heterocycles. The van der Waals surface area contributed by atoms with Crippen molar-refractivity contribution < 1.29 is 22.3 Å². The Morgan fingerprint density at radius 1 is 1.15 bits per heavy atom. The molecule has 142 valence electrons. The Kier molecular flexibility index (Phi) is 5.38. The lowest BCUT2D eigenvalue weighted by atomic mass is 9.97. The minimum atomic E-state index is -3.72. The van der Waals surface area contributed by atoms with E-state index in [1.54, 1.807) is 31.2 Å². The number of aromatic nitrogens is 1. The number of nitrogens with one attached hydrogen (secondary N) is 1. The van der Waals surface area contributed by atoms with Crippen LogP contribution < -0.4 is 4.72 Å². The third-order valence-corrected chi connectivity index (χ3v) is 5.68. The molecule has 3 aromatic rings. The van der Waals surface area contributed by atoms with Crippen molar-refractivity contribution in [1.82, 2.24) is 9.71 Å². The van der Waals surface area contributed by atoms with Gasteiger partial charge in [0.2, 0.25) is 10.0 Å². The van der Waals surface area contributed by atoms with Crippen molar-refractivity contribution in [1.29, 1.82) is 0 Å². The van der Waals surface area contributed by atoms with Gasteiger partial charge in [0.05, 0.1) is 11.8 Å². The molecular weight excluding hydrogens is 374 g/mol. The van der Waals surface area contributed by atoms with E-state index in [9.17, 15) is 22.3 Å². The molecule has 5 nitrogen and oxygen atoms in total. The van der Waals surface area contributed by atoms with E-state index < -0.39 is 27.7 Å². The Balaban J connectivity index is 2.17. The molecule has 0 spiro atoms. The van der Waals surface area contributed by atoms with Gasteiger partial charge in [-0.1, -0.05) is 31.2 Å². The Morgan fingerprint density at radius 3 is 2.63 bits per heavy atom. The number of benzene rings is 2. The molecule has 8 heteroatoms. The van der Waals surface area contributed by atoms with Crippen LogP contribution in [0.5, 0.6) is 5.75 Å². The zero-order chi connectivity index (χ0) is 19.6. The maximum atomic E-state index is 13.8. The van der Waals surface area contributed by atoms with Crippen molar-refractivity contribution >= 4 is 20.9 Å². The lowest BCUT2D eigenvalue weighted by molar-refractivity contribution is 0.467. The zero-order valence-corrected chi connectivity index (χ0v) is 15.3. The molecule has 0 aliphatic carbocycles. The highest BCUT2D eigenvalue weighted by molar-refractivity contribution is 7.89. The number of pyridine rings is 1. The van der Waals surface area contributed by atoms with Gasteiger partial charge in [0.15, 0.2) is 11.6 Å². The van der Waals surface area contributed by atoms with E-state index >= 15 is 0 Å². The SMILES string of the molecule is CCCS(=O)(=O)NC(c1ccc(F)c(F)c1)c1ccc2cccnc2c1O. The summed E-state index contributed by atoms with van der Waals surface area (Å²) in [5.74, 6) is -2.51. The second-order valence-corrected chi connectivity index (χ2v) is 8.00. The van der Waals surface area contributed by atoms with Gasteiger partial charge in [-0.2, -0.15) is 0 Å². The van der Waals surface area contributed by atoms with E-state index in [0.29, 0.717) is 11.8 Å². The highest BCUT2D eigenvalue weighted by Crippen LogP contribution is 2.35. The number of rotatable bonds is 6. The van der Waals surface area contributed by atoms with E-state index in [-0.39, 0.29) is 28.1 Å². The number of fused-ring (bicyclic) bond motifs is 1. The van der Waals surface area contributed by atoms with Crippen LogP contribution in [0.2, 0.25) is 0 Å². The number of hydrogen-bond acceptors (Lipinski definition) is 4. The Hall–Kier alpha value is -2.58. The Bertz CT molecular complexity index is 1090. The van der Waals surface area contributed by atoms with Gasteiger partial charge < -0.3 is 5.11 Å². The smallest absolute Gasteiger partial charge is 0.212 e. The van der Waals surface area contributed by atoms with Crippen LogP contribution in [0.1, 0.15) is 30.5 Å². The molecule has 0 saturated carbocycles. The number of hydrogen-bond donors (Lipinski definition) is 2. The van der Waals surface area contributed by atoms with Crippen LogP contribution in [-0.4, -0.2) is 24.3 Å². The first kappa shape index (κ1) is 19.2. The first-order valence-corrected chi connectivity index (χ1v) is 9.99. The first-order chi connectivity index (χ1) is 12.8. The summed E-state index contributed by atoms with van der Waals surface area (Å²) >= 11 is 0. The van der Waals surface area contributed by atoms with Gasteiger partial charge >= 0.3 is 0 Å². The maximum absolute atomic E-state index is 13.8. The summed E-state index contributed by atoms with van der Waals surface area (Å²) in [5, 5.41) is 11.3. The van der Waals surface area contributed by atoms with Gasteiger partial charge in [0.1, 0.15) is 11.3 Å². The molecule has 1 atom stereocenters. The lowest BCUT2D eigenvalue weighted by Crippen LogP contribution is -2.31. The molecule has 0 aliphatic rings. The van der Waals surface area contributed by atoms with Gasteiger partial charge in [-0.25, -0.2) is 21.9 Å². The van der Waals surface area contributed by atoms with E-state index in [1.807, 2.05) is 0 Å². The Morgan fingerprint density at radius 2 is 1.93 bits per heavy atom. The second-order valence-electron chi connectivity index (χ2n) is 6.12. The quantitative estimate of drug-likeness (QED) is 0.671. The number of aromatic hydroxyl groups is 1. The minimum absolute atomic E-state index is 0.139. The third kappa shape index (κ3) is 4.06. The molecule has 0 radical (unpaired) electrons. The summed E-state index contributed by atoms with van der Waals surface area (Å²) in [6.45, 7) is 1.71. The van der Waals surface area contributed by atoms with E-state index in [1.165, 1.54) is 12.3 Å². The van der Waals surface area contributed by atoms with Gasteiger partial charge in [-0.15, -0.1) is 0 Å². The fraction of sp³-hybridized carbons (Fsp3) is 0.211. The van der Waals surface area contributed by atoms with Crippen LogP contribution in [-0.2, 0) is 10.0 Å². The molecule has 1 aromatic heterocycles. The standard InChI is InChI=1S/C19H18F2N2O3S/c1-2-10-27(25,26)23-17(13-6-8-15(20)16(21)11-13)14-7-5-12-4-3-9-22-18(12)19(14)24/h3-9,11,17,23-24H,2,10H2,1H3. The zero-order valence-electron chi connectivity index (χ0n) is 14.5. The van der Waals surface area contributed by atoms with Crippen molar-refractivity contribution in [2.24, 2.45) is 0 Å². The van der Waals surface area contributed by atoms with Crippen LogP contribution >= 0.6 is 0 Å². The summed E-state index contributed by atoms with van der Waals surface area (Å²) in [7, 11) is -3.72. The predicted molar refractivity (Wildman–Crippen MR) is 98.8 cm³/mol. The van der Waals surface area contributed by atoms with Crippen LogP contribution in [0.4, 0.5) is 8.78 Å². The van der Waals surface area contributed by atoms with Crippen molar-refractivity contribution in [2.45, 2.75) is 19.4 Å². The van der Waals surface area contributed by atoms with Crippen molar-refractivity contribution in [2.75, 3.05) is 5.75 Å². The summed E-state index contributed by atoms with van der Waals surface area (Å²) < 4.78 is 54.3. The first-order valence-electron chi connectivity index (χ1n) is 8.34. The van der Waals surface area contributed by atoms with Crippen LogP contribution in [0, 0.1) is 11.6 Å². The van der Waals surface area contributed by atoms with Gasteiger partial charge in [0, 0.05) is 17.1 Å². The van der Waals surface area contributed by atoms with E-state index in [0.717, 1.165) is 12.1 Å².